The zero-order valence-corrected chi connectivity index (χ0v) is 14.2. The SMILES string of the molecule is CCOCCNS(=O)(=O)c1ccc(CNC(C)C)c(Cl)c1. The van der Waals surface area contributed by atoms with Gasteiger partial charge in [-0.1, -0.05) is 31.5 Å². The van der Waals surface area contributed by atoms with Crippen LogP contribution in [0.25, 0.3) is 0 Å². The molecule has 0 aliphatic heterocycles. The maximum absolute atomic E-state index is 12.1. The van der Waals surface area contributed by atoms with Crippen LogP contribution in [-0.4, -0.2) is 34.2 Å². The van der Waals surface area contributed by atoms with Gasteiger partial charge in [0.1, 0.15) is 0 Å². The molecule has 1 rings (SSSR count). The number of rotatable bonds is 9. The van der Waals surface area contributed by atoms with E-state index in [0.29, 0.717) is 30.8 Å². The molecule has 0 radical (unpaired) electrons. The monoisotopic (exact) mass is 334 g/mol. The highest BCUT2D eigenvalue weighted by Crippen LogP contribution is 2.20. The Kier molecular flexibility index (Phi) is 7.62. The smallest absolute Gasteiger partial charge is 0.240 e. The first kappa shape index (κ1) is 18.4. The van der Waals surface area contributed by atoms with Gasteiger partial charge in [-0.3, -0.25) is 0 Å². The highest BCUT2D eigenvalue weighted by Gasteiger charge is 2.15. The third-order valence-electron chi connectivity index (χ3n) is 2.78. The van der Waals surface area contributed by atoms with Gasteiger partial charge in [-0.15, -0.1) is 0 Å². The van der Waals surface area contributed by atoms with Crippen molar-refractivity contribution >= 4 is 21.6 Å². The van der Waals surface area contributed by atoms with Crippen LogP contribution in [0, 0.1) is 0 Å². The lowest BCUT2D eigenvalue weighted by Crippen LogP contribution is -2.27. The van der Waals surface area contributed by atoms with Crippen LogP contribution in [-0.2, 0) is 21.3 Å². The Morgan fingerprint density at radius 3 is 2.62 bits per heavy atom. The van der Waals surface area contributed by atoms with Gasteiger partial charge in [0, 0.05) is 30.8 Å². The van der Waals surface area contributed by atoms with E-state index in [4.69, 9.17) is 16.3 Å². The Morgan fingerprint density at radius 1 is 1.33 bits per heavy atom. The molecule has 0 aromatic heterocycles. The molecule has 0 aliphatic rings. The Balaban J connectivity index is 2.73. The maximum Gasteiger partial charge on any atom is 0.240 e. The molecule has 0 fully saturated rings. The van der Waals surface area contributed by atoms with Crippen molar-refractivity contribution in [2.75, 3.05) is 19.8 Å². The maximum atomic E-state index is 12.1. The van der Waals surface area contributed by atoms with Crippen molar-refractivity contribution in [3.05, 3.63) is 28.8 Å². The Labute approximate surface area is 132 Å². The number of hydrogen-bond acceptors (Lipinski definition) is 4. The summed E-state index contributed by atoms with van der Waals surface area (Å²) >= 11 is 6.15. The number of ether oxygens (including phenoxy) is 1. The second-order valence-electron chi connectivity index (χ2n) is 4.88. The molecular weight excluding hydrogens is 312 g/mol. The average Bonchev–Trinajstić information content (AvgIpc) is 2.42. The van der Waals surface area contributed by atoms with Gasteiger partial charge in [0.2, 0.25) is 10.0 Å². The summed E-state index contributed by atoms with van der Waals surface area (Å²) in [5.41, 5.74) is 0.874. The molecule has 0 saturated heterocycles. The normalized spacial score (nSPS) is 12.0. The zero-order valence-electron chi connectivity index (χ0n) is 12.6. The standard InChI is InChI=1S/C14H23ClN2O3S/c1-4-20-8-7-17-21(18,19)13-6-5-12(14(15)9-13)10-16-11(2)3/h5-6,9,11,16-17H,4,7-8,10H2,1-3H3. The summed E-state index contributed by atoms with van der Waals surface area (Å²) < 4.78 is 31.7. The van der Waals surface area contributed by atoms with Crippen LogP contribution < -0.4 is 10.0 Å². The summed E-state index contributed by atoms with van der Waals surface area (Å²) in [6.45, 7) is 7.69. The minimum Gasteiger partial charge on any atom is -0.380 e. The van der Waals surface area contributed by atoms with E-state index in [2.05, 4.69) is 10.0 Å². The molecule has 1 aromatic carbocycles. The lowest BCUT2D eigenvalue weighted by molar-refractivity contribution is 0.153. The van der Waals surface area contributed by atoms with Gasteiger partial charge >= 0.3 is 0 Å². The molecule has 0 aliphatic carbocycles. The first-order chi connectivity index (χ1) is 9.86. The van der Waals surface area contributed by atoms with Crippen molar-refractivity contribution in [3.63, 3.8) is 0 Å². The molecule has 21 heavy (non-hydrogen) atoms. The van der Waals surface area contributed by atoms with E-state index >= 15 is 0 Å². The largest absolute Gasteiger partial charge is 0.380 e. The van der Waals surface area contributed by atoms with Gasteiger partial charge < -0.3 is 10.1 Å². The fourth-order valence-electron chi connectivity index (χ4n) is 1.63. The highest BCUT2D eigenvalue weighted by molar-refractivity contribution is 7.89. The average molecular weight is 335 g/mol. The van der Waals surface area contributed by atoms with E-state index in [1.807, 2.05) is 20.8 Å². The molecule has 2 N–H and O–H groups in total. The van der Waals surface area contributed by atoms with Gasteiger partial charge in [0.15, 0.2) is 0 Å². The molecule has 7 heteroatoms. The van der Waals surface area contributed by atoms with Crippen molar-refractivity contribution in [3.8, 4) is 0 Å². The van der Waals surface area contributed by atoms with Gasteiger partial charge in [-0.05, 0) is 24.6 Å². The van der Waals surface area contributed by atoms with Crippen LogP contribution in [0.4, 0.5) is 0 Å². The minimum absolute atomic E-state index is 0.164. The van der Waals surface area contributed by atoms with Crippen molar-refractivity contribution in [1.29, 1.82) is 0 Å². The van der Waals surface area contributed by atoms with E-state index in [-0.39, 0.29) is 11.4 Å². The Morgan fingerprint density at radius 2 is 2.05 bits per heavy atom. The summed E-state index contributed by atoms with van der Waals surface area (Å²) in [6, 6.07) is 5.10. The number of sulfonamides is 1. The molecule has 1 aromatic rings. The molecule has 0 saturated carbocycles. The van der Waals surface area contributed by atoms with Gasteiger partial charge in [-0.2, -0.15) is 0 Å². The zero-order chi connectivity index (χ0) is 15.9. The summed E-state index contributed by atoms with van der Waals surface area (Å²) in [6.07, 6.45) is 0. The summed E-state index contributed by atoms with van der Waals surface area (Å²) in [5, 5.41) is 3.68. The summed E-state index contributed by atoms with van der Waals surface area (Å²) in [7, 11) is -3.55. The van der Waals surface area contributed by atoms with Gasteiger partial charge in [-0.25, -0.2) is 13.1 Å². The number of nitrogens with one attached hydrogen (secondary N) is 2. The second-order valence-corrected chi connectivity index (χ2v) is 7.06. The number of hydrogen-bond donors (Lipinski definition) is 2. The van der Waals surface area contributed by atoms with Crippen molar-refractivity contribution in [1.82, 2.24) is 10.0 Å². The van der Waals surface area contributed by atoms with Crippen LogP contribution in [0.2, 0.25) is 5.02 Å². The van der Waals surface area contributed by atoms with Gasteiger partial charge in [0.05, 0.1) is 11.5 Å². The van der Waals surface area contributed by atoms with E-state index in [0.717, 1.165) is 5.56 Å². The summed E-state index contributed by atoms with van der Waals surface area (Å²) in [4.78, 5) is 0.164. The molecule has 0 unspecified atom stereocenters. The predicted molar refractivity (Wildman–Crippen MR) is 85.1 cm³/mol. The van der Waals surface area contributed by atoms with Crippen molar-refractivity contribution in [2.24, 2.45) is 0 Å². The van der Waals surface area contributed by atoms with Gasteiger partial charge in [0.25, 0.3) is 0 Å². The summed E-state index contributed by atoms with van der Waals surface area (Å²) in [5.74, 6) is 0. The van der Waals surface area contributed by atoms with E-state index < -0.39 is 10.0 Å². The minimum atomic E-state index is -3.55. The van der Waals surface area contributed by atoms with Crippen LogP contribution in [0.5, 0.6) is 0 Å². The van der Waals surface area contributed by atoms with Crippen molar-refractivity contribution < 1.29 is 13.2 Å². The van der Waals surface area contributed by atoms with Crippen molar-refractivity contribution in [2.45, 2.75) is 38.3 Å². The molecule has 0 heterocycles. The number of halogens is 1. The first-order valence-electron chi connectivity index (χ1n) is 6.96. The Hall–Kier alpha value is -0.660. The predicted octanol–water partition coefficient (Wildman–Crippen LogP) is 2.15. The topological polar surface area (TPSA) is 67.4 Å². The molecule has 5 nitrogen and oxygen atoms in total. The molecule has 0 atom stereocenters. The fraction of sp³-hybridized carbons (Fsp3) is 0.571. The lowest BCUT2D eigenvalue weighted by Gasteiger charge is -2.11. The third kappa shape index (κ3) is 6.32. The number of benzene rings is 1. The Bertz CT molecular complexity index is 547. The highest BCUT2D eigenvalue weighted by atomic mass is 35.5. The quantitative estimate of drug-likeness (QED) is 0.679. The first-order valence-corrected chi connectivity index (χ1v) is 8.82. The van der Waals surface area contributed by atoms with E-state index in [1.165, 1.54) is 6.07 Å². The van der Waals surface area contributed by atoms with E-state index in [1.54, 1.807) is 12.1 Å². The molecule has 120 valence electrons. The van der Waals surface area contributed by atoms with E-state index in [9.17, 15) is 8.42 Å². The van der Waals surface area contributed by atoms with Crippen LogP contribution in [0.1, 0.15) is 26.3 Å². The fourth-order valence-corrected chi connectivity index (χ4v) is 2.98. The molecule has 0 spiro atoms. The van der Waals surface area contributed by atoms with Crippen LogP contribution >= 0.6 is 11.6 Å². The van der Waals surface area contributed by atoms with Crippen LogP contribution in [0.15, 0.2) is 23.1 Å². The lowest BCUT2D eigenvalue weighted by atomic mass is 10.2. The molecule has 0 bridgehead atoms. The van der Waals surface area contributed by atoms with Crippen LogP contribution in [0.3, 0.4) is 0 Å². The molecular formula is C14H23ClN2O3S. The molecule has 0 amide bonds. The second kappa shape index (κ2) is 8.70. The third-order valence-corrected chi connectivity index (χ3v) is 4.59.